The van der Waals surface area contributed by atoms with Gasteiger partial charge in [0.2, 0.25) is 0 Å². The fourth-order valence-corrected chi connectivity index (χ4v) is 3.01. The molecule has 128 valence electrons. The minimum atomic E-state index is -0.307. The van der Waals surface area contributed by atoms with Gasteiger partial charge in [-0.2, -0.15) is 10.2 Å². The number of hydrogen-bond acceptors (Lipinski definition) is 3. The quantitative estimate of drug-likeness (QED) is 0.477. The fraction of sp³-hybridized carbons (Fsp3) is 0.0476. The zero-order chi connectivity index (χ0) is 18.1. The number of hydrogen-bond donors (Lipinski definition) is 0. The van der Waals surface area contributed by atoms with Gasteiger partial charge < -0.3 is 4.90 Å². The van der Waals surface area contributed by atoms with Crippen molar-refractivity contribution in [3.63, 3.8) is 0 Å². The minimum absolute atomic E-state index is 0.293. The topological polar surface area (TPSA) is 29.0 Å². The number of nitrogens with zero attached hydrogens (tertiary/aromatic N) is 3. The van der Waals surface area contributed by atoms with E-state index in [0.717, 1.165) is 33.4 Å². The Hall–Kier alpha value is -3.34. The largest absolute Gasteiger partial charge is 0.310 e. The predicted octanol–water partition coefficient (Wildman–Crippen LogP) is 5.69. The number of benzene rings is 3. The van der Waals surface area contributed by atoms with Gasteiger partial charge in [-0.15, -0.1) is 0 Å². The molecule has 3 aromatic carbocycles. The normalized spacial score (nSPS) is 10.9. The van der Waals surface area contributed by atoms with Crippen molar-refractivity contribution in [3.05, 3.63) is 90.3 Å². The highest BCUT2D eigenvalue weighted by Gasteiger charge is 2.15. The van der Waals surface area contributed by atoms with Crippen molar-refractivity contribution in [2.45, 2.75) is 6.92 Å². The summed E-state index contributed by atoms with van der Waals surface area (Å²) in [6.45, 7) is 1.85. The van der Waals surface area contributed by atoms with Gasteiger partial charge in [-0.25, -0.2) is 8.78 Å². The SMILES string of the molecule is Cc1cc(F)ccc1N(c1ccc(F)cc1)c1ccc2cnncc2c1. The summed E-state index contributed by atoms with van der Waals surface area (Å²) in [7, 11) is 0. The molecule has 0 bridgehead atoms. The lowest BCUT2D eigenvalue weighted by atomic mass is 10.1. The Bertz CT molecular complexity index is 1080. The van der Waals surface area contributed by atoms with Crippen molar-refractivity contribution >= 4 is 27.8 Å². The Balaban J connectivity index is 1.92. The van der Waals surface area contributed by atoms with Crippen molar-refractivity contribution in [1.29, 1.82) is 0 Å². The molecule has 0 aliphatic rings. The highest BCUT2D eigenvalue weighted by molar-refractivity contribution is 5.88. The van der Waals surface area contributed by atoms with Crippen LogP contribution >= 0.6 is 0 Å². The summed E-state index contributed by atoms with van der Waals surface area (Å²) in [4.78, 5) is 1.97. The van der Waals surface area contributed by atoms with Crippen LogP contribution in [0.15, 0.2) is 73.1 Å². The standard InChI is InChI=1S/C21H15F2N3/c1-14-10-18(23)5-9-21(14)26(19-7-3-17(22)4-8-19)20-6-2-15-12-24-25-13-16(15)11-20/h2-13H,1H3. The molecule has 0 saturated heterocycles. The second kappa shape index (κ2) is 6.52. The van der Waals surface area contributed by atoms with E-state index in [1.165, 1.54) is 24.3 Å². The Morgan fingerprint density at radius 1 is 0.692 bits per heavy atom. The molecule has 0 saturated carbocycles. The van der Waals surface area contributed by atoms with E-state index in [-0.39, 0.29) is 11.6 Å². The lowest BCUT2D eigenvalue weighted by molar-refractivity contribution is 0.626. The maximum absolute atomic E-state index is 13.6. The van der Waals surface area contributed by atoms with E-state index in [9.17, 15) is 8.78 Å². The van der Waals surface area contributed by atoms with Gasteiger partial charge in [0.25, 0.3) is 0 Å². The molecule has 4 rings (SSSR count). The van der Waals surface area contributed by atoms with Gasteiger partial charge in [-0.05, 0) is 67.1 Å². The molecule has 0 atom stereocenters. The molecule has 0 amide bonds. The Morgan fingerprint density at radius 2 is 1.35 bits per heavy atom. The molecule has 0 spiro atoms. The Labute approximate surface area is 149 Å². The zero-order valence-corrected chi connectivity index (χ0v) is 14.0. The van der Waals surface area contributed by atoms with E-state index in [1.807, 2.05) is 30.0 Å². The Kier molecular flexibility index (Phi) is 4.05. The molecule has 0 aliphatic carbocycles. The first-order chi connectivity index (χ1) is 12.6. The molecule has 0 unspecified atom stereocenters. The maximum atomic E-state index is 13.6. The van der Waals surface area contributed by atoms with Gasteiger partial charge in [0.1, 0.15) is 11.6 Å². The molecule has 5 heteroatoms. The summed E-state index contributed by atoms with van der Waals surface area (Å²) in [6, 6.07) is 16.7. The van der Waals surface area contributed by atoms with Crippen LogP contribution in [0.5, 0.6) is 0 Å². The minimum Gasteiger partial charge on any atom is -0.310 e. The van der Waals surface area contributed by atoms with Gasteiger partial charge in [-0.3, -0.25) is 0 Å². The summed E-state index contributed by atoms with van der Waals surface area (Å²) in [5, 5.41) is 9.73. The molecule has 3 nitrogen and oxygen atoms in total. The van der Waals surface area contributed by atoms with Gasteiger partial charge in [0.15, 0.2) is 0 Å². The van der Waals surface area contributed by atoms with Crippen molar-refractivity contribution in [2.24, 2.45) is 0 Å². The van der Waals surface area contributed by atoms with Crippen LogP contribution in [0.3, 0.4) is 0 Å². The van der Waals surface area contributed by atoms with Crippen LogP contribution in [0.25, 0.3) is 10.8 Å². The third-order valence-corrected chi connectivity index (χ3v) is 4.27. The van der Waals surface area contributed by atoms with Crippen molar-refractivity contribution in [2.75, 3.05) is 4.90 Å². The molecule has 1 aromatic heterocycles. The second-order valence-electron chi connectivity index (χ2n) is 6.04. The van der Waals surface area contributed by atoms with Crippen LogP contribution in [-0.4, -0.2) is 10.2 Å². The smallest absolute Gasteiger partial charge is 0.123 e. The first-order valence-electron chi connectivity index (χ1n) is 8.14. The van der Waals surface area contributed by atoms with Gasteiger partial charge in [-0.1, -0.05) is 6.07 Å². The zero-order valence-electron chi connectivity index (χ0n) is 14.0. The van der Waals surface area contributed by atoms with E-state index in [4.69, 9.17) is 0 Å². The number of halogens is 2. The number of rotatable bonds is 3. The third-order valence-electron chi connectivity index (χ3n) is 4.27. The number of fused-ring (bicyclic) bond motifs is 1. The summed E-state index contributed by atoms with van der Waals surface area (Å²) < 4.78 is 27.0. The van der Waals surface area contributed by atoms with Crippen LogP contribution in [-0.2, 0) is 0 Å². The van der Waals surface area contributed by atoms with E-state index in [1.54, 1.807) is 30.6 Å². The first-order valence-corrected chi connectivity index (χ1v) is 8.14. The van der Waals surface area contributed by atoms with Gasteiger partial charge in [0, 0.05) is 27.8 Å². The second-order valence-corrected chi connectivity index (χ2v) is 6.04. The molecule has 0 fully saturated rings. The summed E-state index contributed by atoms with van der Waals surface area (Å²) in [5.41, 5.74) is 3.25. The van der Waals surface area contributed by atoms with E-state index in [2.05, 4.69) is 10.2 Å². The molecule has 4 aromatic rings. The lowest BCUT2D eigenvalue weighted by Crippen LogP contribution is -2.11. The highest BCUT2D eigenvalue weighted by Crippen LogP contribution is 2.37. The van der Waals surface area contributed by atoms with Crippen molar-refractivity contribution in [1.82, 2.24) is 10.2 Å². The van der Waals surface area contributed by atoms with Gasteiger partial charge >= 0.3 is 0 Å². The monoisotopic (exact) mass is 347 g/mol. The highest BCUT2D eigenvalue weighted by atomic mass is 19.1. The first kappa shape index (κ1) is 16.1. The fourth-order valence-electron chi connectivity index (χ4n) is 3.01. The average molecular weight is 347 g/mol. The summed E-state index contributed by atoms with van der Waals surface area (Å²) >= 11 is 0. The van der Waals surface area contributed by atoms with Crippen LogP contribution in [0, 0.1) is 18.6 Å². The molecule has 0 N–H and O–H groups in total. The Morgan fingerprint density at radius 3 is 2.08 bits per heavy atom. The van der Waals surface area contributed by atoms with Crippen molar-refractivity contribution in [3.8, 4) is 0 Å². The van der Waals surface area contributed by atoms with Crippen LogP contribution in [0.4, 0.5) is 25.8 Å². The molecule has 26 heavy (non-hydrogen) atoms. The predicted molar refractivity (Wildman–Crippen MR) is 98.9 cm³/mol. The number of anilines is 3. The molecule has 0 radical (unpaired) electrons. The number of aromatic nitrogens is 2. The van der Waals surface area contributed by atoms with E-state index in [0.29, 0.717) is 0 Å². The average Bonchev–Trinajstić information content (AvgIpc) is 2.65. The molecular formula is C21H15F2N3. The van der Waals surface area contributed by atoms with Crippen molar-refractivity contribution < 1.29 is 8.78 Å². The van der Waals surface area contributed by atoms with E-state index < -0.39 is 0 Å². The third kappa shape index (κ3) is 2.99. The molecule has 1 heterocycles. The lowest BCUT2D eigenvalue weighted by Gasteiger charge is -2.27. The van der Waals surface area contributed by atoms with Crippen LogP contribution in [0.1, 0.15) is 5.56 Å². The van der Waals surface area contributed by atoms with E-state index >= 15 is 0 Å². The molecule has 0 aliphatic heterocycles. The maximum Gasteiger partial charge on any atom is 0.123 e. The van der Waals surface area contributed by atoms with Gasteiger partial charge in [0.05, 0.1) is 12.4 Å². The van der Waals surface area contributed by atoms with Crippen LogP contribution < -0.4 is 4.90 Å². The molecular weight excluding hydrogens is 332 g/mol. The summed E-state index contributed by atoms with van der Waals surface area (Å²) in [5.74, 6) is -0.600. The van der Waals surface area contributed by atoms with Crippen LogP contribution in [0.2, 0.25) is 0 Å². The number of aryl methyl sites for hydroxylation is 1. The summed E-state index contributed by atoms with van der Waals surface area (Å²) in [6.07, 6.45) is 3.39.